The van der Waals surface area contributed by atoms with Crippen molar-refractivity contribution in [1.29, 1.82) is 0 Å². The summed E-state index contributed by atoms with van der Waals surface area (Å²) in [6.45, 7) is 4.13. The van der Waals surface area contributed by atoms with Gasteiger partial charge in [-0.15, -0.1) is 0 Å². The second-order valence-electron chi connectivity index (χ2n) is 5.47. The zero-order valence-electron chi connectivity index (χ0n) is 12.5. The zero-order valence-corrected chi connectivity index (χ0v) is 12.5. The Balaban J connectivity index is 2.66. The summed E-state index contributed by atoms with van der Waals surface area (Å²) in [5, 5.41) is 13.2. The van der Waals surface area contributed by atoms with Crippen LogP contribution in [0.2, 0.25) is 0 Å². The highest BCUT2D eigenvalue weighted by molar-refractivity contribution is 5.27. The summed E-state index contributed by atoms with van der Waals surface area (Å²) in [5.74, 6) is 0. The highest BCUT2D eigenvalue weighted by Crippen LogP contribution is 2.30. The molecule has 2 N–H and O–H groups in total. The van der Waals surface area contributed by atoms with E-state index in [-0.39, 0.29) is 12.6 Å². The van der Waals surface area contributed by atoms with Crippen molar-refractivity contribution in [2.24, 2.45) is 0 Å². The number of alkyl halides is 3. The number of hydrogen-bond donors (Lipinski definition) is 2. The molecule has 0 amide bonds. The lowest BCUT2D eigenvalue weighted by Gasteiger charge is -2.26. The molecule has 1 aromatic rings. The van der Waals surface area contributed by atoms with E-state index in [1.54, 1.807) is 27.0 Å². The summed E-state index contributed by atoms with van der Waals surface area (Å²) in [6.07, 6.45) is -3.90. The summed E-state index contributed by atoms with van der Waals surface area (Å²) in [6, 6.07) is 4.91. The van der Waals surface area contributed by atoms with Gasteiger partial charge in [-0.1, -0.05) is 12.1 Å². The molecule has 0 fully saturated rings. The molecule has 2 atom stereocenters. The molecule has 1 rings (SSSR count). The Hall–Kier alpha value is -1.11. The van der Waals surface area contributed by atoms with E-state index in [2.05, 4.69) is 5.32 Å². The molecule has 3 nitrogen and oxygen atoms in total. The third-order valence-corrected chi connectivity index (χ3v) is 3.35. The summed E-state index contributed by atoms with van der Waals surface area (Å²) in [5.41, 5.74) is -1.10. The number of benzene rings is 1. The van der Waals surface area contributed by atoms with Gasteiger partial charge >= 0.3 is 6.18 Å². The molecule has 2 unspecified atom stereocenters. The topological polar surface area (TPSA) is 41.5 Å². The lowest BCUT2D eigenvalue weighted by atomic mass is 10.0. The van der Waals surface area contributed by atoms with Crippen LogP contribution in [0.5, 0.6) is 0 Å². The van der Waals surface area contributed by atoms with Crippen LogP contribution in [0.4, 0.5) is 13.2 Å². The molecular formula is C15H22F3NO2. The molecule has 0 heterocycles. The monoisotopic (exact) mass is 305 g/mol. The van der Waals surface area contributed by atoms with Crippen molar-refractivity contribution in [2.45, 2.75) is 38.1 Å². The normalized spacial score (nSPS) is 16.5. The van der Waals surface area contributed by atoms with E-state index >= 15 is 0 Å². The molecule has 0 bridgehead atoms. The molecule has 0 aliphatic rings. The maximum Gasteiger partial charge on any atom is 0.416 e. The molecule has 0 spiro atoms. The van der Waals surface area contributed by atoms with Gasteiger partial charge in [0.15, 0.2) is 0 Å². The Kier molecular flexibility index (Phi) is 6.19. The number of rotatable bonds is 7. The van der Waals surface area contributed by atoms with Crippen molar-refractivity contribution in [1.82, 2.24) is 5.32 Å². The summed E-state index contributed by atoms with van der Waals surface area (Å²) in [4.78, 5) is 0. The van der Waals surface area contributed by atoms with Gasteiger partial charge in [-0.2, -0.15) is 13.2 Å². The Morgan fingerprint density at radius 2 is 2.00 bits per heavy atom. The highest BCUT2D eigenvalue weighted by atomic mass is 19.4. The maximum absolute atomic E-state index is 12.7. The fourth-order valence-electron chi connectivity index (χ4n) is 1.89. The number of aliphatic hydroxyl groups is 1. The van der Waals surface area contributed by atoms with Gasteiger partial charge in [0.1, 0.15) is 0 Å². The number of nitrogens with one attached hydrogen (secondary N) is 1. The predicted octanol–water partition coefficient (Wildman–Crippen LogP) is 3.14. The van der Waals surface area contributed by atoms with Gasteiger partial charge in [0.2, 0.25) is 0 Å². The van der Waals surface area contributed by atoms with Crippen LogP contribution in [0.3, 0.4) is 0 Å². The van der Waals surface area contributed by atoms with Crippen LogP contribution in [0.25, 0.3) is 0 Å². The first kappa shape index (κ1) is 17.9. The van der Waals surface area contributed by atoms with Crippen LogP contribution in [-0.4, -0.2) is 31.0 Å². The van der Waals surface area contributed by atoms with Crippen molar-refractivity contribution < 1.29 is 23.0 Å². The number of methoxy groups -OCH3 is 1. The minimum Gasteiger partial charge on any atom is -0.389 e. The van der Waals surface area contributed by atoms with Crippen molar-refractivity contribution >= 4 is 0 Å². The Morgan fingerprint density at radius 1 is 1.33 bits per heavy atom. The van der Waals surface area contributed by atoms with E-state index < -0.39 is 17.3 Å². The summed E-state index contributed by atoms with van der Waals surface area (Å²) < 4.78 is 42.9. The van der Waals surface area contributed by atoms with Gasteiger partial charge in [0.05, 0.1) is 11.2 Å². The minimum absolute atomic E-state index is 0.272. The predicted molar refractivity (Wildman–Crippen MR) is 75.0 cm³/mol. The molecule has 0 radical (unpaired) electrons. The molecule has 0 aromatic heterocycles. The van der Waals surface area contributed by atoms with E-state index in [1.165, 1.54) is 6.07 Å². The van der Waals surface area contributed by atoms with Crippen LogP contribution in [-0.2, 0) is 10.9 Å². The van der Waals surface area contributed by atoms with Crippen molar-refractivity contribution in [3.63, 3.8) is 0 Å². The van der Waals surface area contributed by atoms with Crippen molar-refractivity contribution in [2.75, 3.05) is 20.3 Å². The number of halogens is 3. The summed E-state index contributed by atoms with van der Waals surface area (Å²) >= 11 is 0. The van der Waals surface area contributed by atoms with Crippen molar-refractivity contribution in [3.05, 3.63) is 35.4 Å². The second-order valence-corrected chi connectivity index (χ2v) is 5.47. The van der Waals surface area contributed by atoms with Gasteiger partial charge in [-0.05, 0) is 31.5 Å². The van der Waals surface area contributed by atoms with Crippen molar-refractivity contribution in [3.8, 4) is 0 Å². The molecule has 6 heteroatoms. The highest BCUT2D eigenvalue weighted by Gasteiger charge is 2.30. The first-order valence-electron chi connectivity index (χ1n) is 6.77. The Bertz CT molecular complexity index is 447. The van der Waals surface area contributed by atoms with Crippen LogP contribution in [0.1, 0.15) is 37.4 Å². The molecule has 0 saturated carbocycles. The van der Waals surface area contributed by atoms with Crippen LogP contribution in [0, 0.1) is 0 Å². The maximum atomic E-state index is 12.7. The van der Waals surface area contributed by atoms with Crippen LogP contribution < -0.4 is 5.32 Å². The number of ether oxygens (including phenoxy) is 1. The van der Waals surface area contributed by atoms with E-state index in [1.807, 2.05) is 0 Å². The lowest BCUT2D eigenvalue weighted by Crippen LogP contribution is -2.39. The van der Waals surface area contributed by atoms with Gasteiger partial charge in [0, 0.05) is 32.7 Å². The van der Waals surface area contributed by atoms with E-state index in [4.69, 9.17) is 4.74 Å². The number of hydrogen-bond acceptors (Lipinski definition) is 3. The smallest absolute Gasteiger partial charge is 0.389 e. The molecule has 0 aliphatic heterocycles. The van der Waals surface area contributed by atoms with E-state index in [0.717, 1.165) is 12.1 Å². The van der Waals surface area contributed by atoms with Gasteiger partial charge < -0.3 is 15.2 Å². The fourth-order valence-corrected chi connectivity index (χ4v) is 1.89. The molecule has 120 valence electrons. The first-order valence-corrected chi connectivity index (χ1v) is 6.77. The third kappa shape index (κ3) is 6.03. The standard InChI is InChI=1S/C15H22F3NO2/c1-11(19-10-14(2,20)7-8-21-3)12-5-4-6-13(9-12)15(16,17)18/h4-6,9,11,19-20H,7-8,10H2,1-3H3. The van der Waals surface area contributed by atoms with Gasteiger partial charge in [-0.3, -0.25) is 0 Å². The molecule has 0 saturated heterocycles. The first-order chi connectivity index (χ1) is 9.65. The quantitative estimate of drug-likeness (QED) is 0.813. The fraction of sp³-hybridized carbons (Fsp3) is 0.600. The van der Waals surface area contributed by atoms with E-state index in [0.29, 0.717) is 18.6 Å². The minimum atomic E-state index is -4.35. The molecule has 1 aromatic carbocycles. The molecule has 21 heavy (non-hydrogen) atoms. The SMILES string of the molecule is COCCC(C)(O)CNC(C)c1cccc(C(F)(F)F)c1. The average molecular weight is 305 g/mol. The van der Waals surface area contributed by atoms with Crippen LogP contribution >= 0.6 is 0 Å². The lowest BCUT2D eigenvalue weighted by molar-refractivity contribution is -0.137. The Labute approximate surface area is 123 Å². The zero-order chi connectivity index (χ0) is 16.1. The molecular weight excluding hydrogens is 283 g/mol. The second kappa shape index (κ2) is 7.24. The van der Waals surface area contributed by atoms with E-state index in [9.17, 15) is 18.3 Å². The Morgan fingerprint density at radius 3 is 2.57 bits per heavy atom. The molecule has 0 aliphatic carbocycles. The summed E-state index contributed by atoms with van der Waals surface area (Å²) in [7, 11) is 1.55. The third-order valence-electron chi connectivity index (χ3n) is 3.35. The average Bonchev–Trinajstić information content (AvgIpc) is 2.42. The van der Waals surface area contributed by atoms with Crippen LogP contribution in [0.15, 0.2) is 24.3 Å². The van der Waals surface area contributed by atoms with Gasteiger partial charge in [0.25, 0.3) is 0 Å². The largest absolute Gasteiger partial charge is 0.416 e. The van der Waals surface area contributed by atoms with Gasteiger partial charge in [-0.25, -0.2) is 0 Å².